The minimum atomic E-state index is -0.314. The molecule has 1 atom stereocenters. The lowest BCUT2D eigenvalue weighted by atomic mass is 10.1. The summed E-state index contributed by atoms with van der Waals surface area (Å²) in [5.41, 5.74) is 1.22. The van der Waals surface area contributed by atoms with Crippen LogP contribution in [0.25, 0.3) is 0 Å². The highest BCUT2D eigenvalue weighted by Crippen LogP contribution is 2.23. The van der Waals surface area contributed by atoms with Gasteiger partial charge >= 0.3 is 11.7 Å². The summed E-state index contributed by atoms with van der Waals surface area (Å²) in [6.45, 7) is 5.58. The van der Waals surface area contributed by atoms with Gasteiger partial charge in [0.05, 0.1) is 25.8 Å². The van der Waals surface area contributed by atoms with Crippen LogP contribution < -0.4 is 16.3 Å². The Morgan fingerprint density at radius 3 is 2.78 bits per heavy atom. The smallest absolute Gasteiger partial charge is 0.347 e. The molecule has 0 saturated carbocycles. The molecule has 9 nitrogen and oxygen atoms in total. The SMILES string of the molecule is Cc1ccc([C@H](CNC(=O)Nc2cccc(Cn3cccnc3=O)c2)N2CCOCC2)o1. The molecule has 0 bridgehead atoms. The number of carbonyl (C=O) groups excluding carboxylic acids is 1. The van der Waals surface area contributed by atoms with Crippen molar-refractivity contribution in [2.24, 2.45) is 0 Å². The fraction of sp³-hybridized carbons (Fsp3) is 0.348. The predicted octanol–water partition coefficient (Wildman–Crippen LogP) is 2.39. The summed E-state index contributed by atoms with van der Waals surface area (Å²) in [7, 11) is 0. The molecular weight excluding hydrogens is 410 g/mol. The van der Waals surface area contributed by atoms with Gasteiger partial charge in [0.2, 0.25) is 0 Å². The van der Waals surface area contributed by atoms with Gasteiger partial charge in [-0.25, -0.2) is 14.6 Å². The summed E-state index contributed by atoms with van der Waals surface area (Å²) in [5.74, 6) is 1.67. The average molecular weight is 438 g/mol. The number of carbonyl (C=O) groups is 1. The van der Waals surface area contributed by atoms with Crippen molar-refractivity contribution in [3.8, 4) is 0 Å². The maximum absolute atomic E-state index is 12.6. The Balaban J connectivity index is 1.38. The Morgan fingerprint density at radius 1 is 1.19 bits per heavy atom. The van der Waals surface area contributed by atoms with Gasteiger partial charge in [-0.3, -0.25) is 9.47 Å². The van der Waals surface area contributed by atoms with Crippen molar-refractivity contribution in [3.05, 3.63) is 82.4 Å². The second-order valence-electron chi connectivity index (χ2n) is 7.68. The molecule has 1 saturated heterocycles. The van der Waals surface area contributed by atoms with E-state index in [0.29, 0.717) is 32.0 Å². The summed E-state index contributed by atoms with van der Waals surface area (Å²) >= 11 is 0. The van der Waals surface area contributed by atoms with E-state index in [1.54, 1.807) is 12.3 Å². The molecule has 3 aromatic rings. The van der Waals surface area contributed by atoms with Crippen LogP contribution in [0.15, 0.2) is 64.1 Å². The van der Waals surface area contributed by atoms with E-state index in [1.807, 2.05) is 43.3 Å². The molecule has 2 N–H and O–H groups in total. The van der Waals surface area contributed by atoms with Crippen LogP contribution >= 0.6 is 0 Å². The Bertz CT molecular complexity index is 1100. The van der Waals surface area contributed by atoms with Gasteiger partial charge in [-0.1, -0.05) is 12.1 Å². The van der Waals surface area contributed by atoms with Crippen LogP contribution in [-0.4, -0.2) is 53.3 Å². The lowest BCUT2D eigenvalue weighted by Crippen LogP contribution is -2.44. The molecule has 32 heavy (non-hydrogen) atoms. The topological polar surface area (TPSA) is 102 Å². The van der Waals surface area contributed by atoms with Gasteiger partial charge in [-0.05, 0) is 42.8 Å². The lowest BCUT2D eigenvalue weighted by molar-refractivity contribution is 0.0122. The van der Waals surface area contributed by atoms with E-state index in [2.05, 4.69) is 20.5 Å². The quantitative estimate of drug-likeness (QED) is 0.589. The highest BCUT2D eigenvalue weighted by Gasteiger charge is 2.25. The third-order valence-electron chi connectivity index (χ3n) is 5.35. The summed E-state index contributed by atoms with van der Waals surface area (Å²) in [4.78, 5) is 30.5. The fourth-order valence-corrected chi connectivity index (χ4v) is 3.75. The monoisotopic (exact) mass is 437 g/mol. The number of hydrogen-bond donors (Lipinski definition) is 2. The first kappa shape index (κ1) is 21.8. The number of nitrogens with one attached hydrogen (secondary N) is 2. The number of hydrogen-bond acceptors (Lipinski definition) is 6. The average Bonchev–Trinajstić information content (AvgIpc) is 3.22. The third-order valence-corrected chi connectivity index (χ3v) is 5.35. The van der Waals surface area contributed by atoms with Crippen LogP contribution in [0.4, 0.5) is 10.5 Å². The third kappa shape index (κ3) is 5.63. The highest BCUT2D eigenvalue weighted by atomic mass is 16.5. The molecule has 1 aliphatic rings. The van der Waals surface area contributed by atoms with E-state index in [0.717, 1.165) is 30.2 Å². The Hall–Kier alpha value is -3.43. The minimum absolute atomic E-state index is 0.0675. The molecule has 4 rings (SSSR count). The molecule has 9 heteroatoms. The zero-order chi connectivity index (χ0) is 22.3. The first-order chi connectivity index (χ1) is 15.6. The standard InChI is InChI=1S/C23H27N5O4/c1-17-6-7-21(32-17)20(27-10-12-31-13-11-27)15-25-22(29)26-19-5-2-4-18(14-19)16-28-9-3-8-24-23(28)30/h2-9,14,20H,10-13,15-16H2,1H3,(H2,25,26,29)/t20-/m0/s1. The summed E-state index contributed by atoms with van der Waals surface area (Å²) < 4.78 is 12.8. The number of morpholine rings is 1. The van der Waals surface area contributed by atoms with Crippen LogP contribution in [0.1, 0.15) is 23.1 Å². The van der Waals surface area contributed by atoms with Gasteiger partial charge in [0, 0.05) is 37.7 Å². The summed E-state index contributed by atoms with van der Waals surface area (Å²) in [5, 5.41) is 5.83. The Kier molecular flexibility index (Phi) is 6.98. The van der Waals surface area contributed by atoms with Crippen LogP contribution in [0.2, 0.25) is 0 Å². The number of furan rings is 1. The molecule has 0 spiro atoms. The van der Waals surface area contributed by atoms with Crippen molar-refractivity contribution in [2.45, 2.75) is 19.5 Å². The van der Waals surface area contributed by atoms with Crippen LogP contribution in [-0.2, 0) is 11.3 Å². The van der Waals surface area contributed by atoms with E-state index in [9.17, 15) is 9.59 Å². The van der Waals surface area contributed by atoms with Crippen LogP contribution in [0.5, 0.6) is 0 Å². The number of ether oxygens (including phenoxy) is 1. The largest absolute Gasteiger partial charge is 0.465 e. The number of benzene rings is 1. The minimum Gasteiger partial charge on any atom is -0.465 e. The van der Waals surface area contributed by atoms with E-state index in [-0.39, 0.29) is 17.8 Å². The number of amides is 2. The van der Waals surface area contributed by atoms with Crippen molar-refractivity contribution >= 4 is 11.7 Å². The van der Waals surface area contributed by atoms with Crippen molar-refractivity contribution in [1.29, 1.82) is 0 Å². The molecule has 1 fully saturated rings. The normalized spacial score (nSPS) is 15.3. The zero-order valence-corrected chi connectivity index (χ0v) is 18.0. The second-order valence-corrected chi connectivity index (χ2v) is 7.68. The molecule has 2 aromatic heterocycles. The molecule has 1 aromatic carbocycles. The maximum atomic E-state index is 12.6. The number of aryl methyl sites for hydroxylation is 1. The van der Waals surface area contributed by atoms with Gasteiger partial charge < -0.3 is 19.8 Å². The molecule has 0 unspecified atom stereocenters. The van der Waals surface area contributed by atoms with E-state index in [1.165, 1.54) is 10.8 Å². The Labute approximate surface area is 186 Å². The number of rotatable bonds is 7. The van der Waals surface area contributed by atoms with Crippen molar-refractivity contribution in [3.63, 3.8) is 0 Å². The summed E-state index contributed by atoms with van der Waals surface area (Å²) in [6, 6.07) is 12.6. The molecular formula is C23H27N5O4. The van der Waals surface area contributed by atoms with Gasteiger partial charge in [0.15, 0.2) is 0 Å². The van der Waals surface area contributed by atoms with E-state index < -0.39 is 0 Å². The maximum Gasteiger partial charge on any atom is 0.347 e. The molecule has 168 valence electrons. The molecule has 1 aliphatic heterocycles. The first-order valence-electron chi connectivity index (χ1n) is 10.6. The van der Waals surface area contributed by atoms with Gasteiger partial charge in [0.25, 0.3) is 0 Å². The van der Waals surface area contributed by atoms with E-state index in [4.69, 9.17) is 9.15 Å². The highest BCUT2D eigenvalue weighted by molar-refractivity contribution is 5.89. The van der Waals surface area contributed by atoms with E-state index >= 15 is 0 Å². The number of anilines is 1. The zero-order valence-electron chi connectivity index (χ0n) is 18.0. The van der Waals surface area contributed by atoms with Crippen LogP contribution in [0, 0.1) is 6.92 Å². The van der Waals surface area contributed by atoms with Gasteiger partial charge in [-0.15, -0.1) is 0 Å². The molecule has 0 aliphatic carbocycles. The number of nitrogens with zero attached hydrogens (tertiary/aromatic N) is 3. The first-order valence-corrected chi connectivity index (χ1v) is 10.6. The number of aromatic nitrogens is 2. The summed E-state index contributed by atoms with van der Waals surface area (Å²) in [6.07, 6.45) is 3.15. The van der Waals surface area contributed by atoms with Crippen molar-refractivity contribution < 1.29 is 13.9 Å². The predicted molar refractivity (Wildman–Crippen MR) is 120 cm³/mol. The van der Waals surface area contributed by atoms with Crippen molar-refractivity contribution in [2.75, 3.05) is 38.2 Å². The van der Waals surface area contributed by atoms with Gasteiger partial charge in [-0.2, -0.15) is 0 Å². The van der Waals surface area contributed by atoms with Crippen LogP contribution in [0.3, 0.4) is 0 Å². The lowest BCUT2D eigenvalue weighted by Gasteiger charge is -2.33. The second kappa shape index (κ2) is 10.3. The number of urea groups is 1. The fourth-order valence-electron chi connectivity index (χ4n) is 3.75. The molecule has 0 radical (unpaired) electrons. The van der Waals surface area contributed by atoms with Gasteiger partial charge in [0.1, 0.15) is 11.5 Å². The molecule has 2 amide bonds. The van der Waals surface area contributed by atoms with Crippen molar-refractivity contribution in [1.82, 2.24) is 19.8 Å². The Morgan fingerprint density at radius 2 is 2.03 bits per heavy atom. The molecule has 3 heterocycles.